The first kappa shape index (κ1) is 8.04. The lowest BCUT2D eigenvalue weighted by Crippen LogP contribution is -2.30. The normalized spacial score (nSPS) is 17.2. The third kappa shape index (κ3) is 3.02. The molecule has 2 N–H and O–H groups in total. The molecule has 4 nitrogen and oxygen atoms in total. The standard InChI is InChI=1S/C7H14N4/c1-6(2)5-10-11-7-8-3-4-9-7/h5-6H,3-4H2,1-2H3,(H2,8,9,11)/b10-5+. The highest BCUT2D eigenvalue weighted by molar-refractivity contribution is 5.81. The smallest absolute Gasteiger partial charge is 0.212 e. The Bertz CT molecular complexity index is 171. The van der Waals surface area contributed by atoms with Crippen molar-refractivity contribution in [2.45, 2.75) is 13.8 Å². The molecule has 0 spiro atoms. The SMILES string of the molecule is CC(C)/C=N/NC1=NCCN1. The van der Waals surface area contributed by atoms with Crippen molar-refractivity contribution in [3.05, 3.63) is 0 Å². The van der Waals surface area contributed by atoms with Gasteiger partial charge in [-0.05, 0) is 5.92 Å². The van der Waals surface area contributed by atoms with Crippen LogP contribution in [0, 0.1) is 5.92 Å². The van der Waals surface area contributed by atoms with E-state index in [-0.39, 0.29) is 0 Å². The van der Waals surface area contributed by atoms with Gasteiger partial charge in [-0.2, -0.15) is 5.10 Å². The van der Waals surface area contributed by atoms with Crippen molar-refractivity contribution in [3.8, 4) is 0 Å². The van der Waals surface area contributed by atoms with E-state index in [0.717, 1.165) is 19.0 Å². The van der Waals surface area contributed by atoms with E-state index in [1.54, 1.807) is 0 Å². The Hall–Kier alpha value is -1.06. The van der Waals surface area contributed by atoms with Crippen LogP contribution in [0.3, 0.4) is 0 Å². The number of aliphatic imine (C=N–C) groups is 1. The van der Waals surface area contributed by atoms with Gasteiger partial charge in [0, 0.05) is 12.8 Å². The summed E-state index contributed by atoms with van der Waals surface area (Å²) in [5.74, 6) is 1.26. The van der Waals surface area contributed by atoms with Crippen molar-refractivity contribution in [1.82, 2.24) is 10.7 Å². The van der Waals surface area contributed by atoms with Gasteiger partial charge in [0.1, 0.15) is 0 Å². The molecule has 62 valence electrons. The second kappa shape index (κ2) is 3.95. The second-order valence-electron chi connectivity index (χ2n) is 2.79. The Labute approximate surface area is 66.8 Å². The van der Waals surface area contributed by atoms with Crippen molar-refractivity contribution in [2.24, 2.45) is 16.0 Å². The largest absolute Gasteiger partial charge is 0.353 e. The zero-order valence-corrected chi connectivity index (χ0v) is 6.96. The highest BCUT2D eigenvalue weighted by atomic mass is 15.4. The summed E-state index contributed by atoms with van der Waals surface area (Å²) in [6.45, 7) is 5.92. The average molecular weight is 154 g/mol. The topological polar surface area (TPSA) is 48.8 Å². The predicted octanol–water partition coefficient (Wildman–Crippen LogP) is 0.177. The maximum Gasteiger partial charge on any atom is 0.212 e. The van der Waals surface area contributed by atoms with Crippen LogP contribution in [0.4, 0.5) is 0 Å². The second-order valence-corrected chi connectivity index (χ2v) is 2.79. The van der Waals surface area contributed by atoms with Gasteiger partial charge in [-0.3, -0.25) is 0 Å². The molecule has 0 aliphatic carbocycles. The molecule has 0 amide bonds. The van der Waals surface area contributed by atoms with Crippen LogP contribution in [0.5, 0.6) is 0 Å². The summed E-state index contributed by atoms with van der Waals surface area (Å²) in [4.78, 5) is 4.11. The number of nitrogens with one attached hydrogen (secondary N) is 2. The van der Waals surface area contributed by atoms with E-state index in [1.165, 1.54) is 0 Å². The fraction of sp³-hybridized carbons (Fsp3) is 0.714. The van der Waals surface area contributed by atoms with E-state index < -0.39 is 0 Å². The molecule has 11 heavy (non-hydrogen) atoms. The molecule has 1 heterocycles. The molecule has 0 radical (unpaired) electrons. The van der Waals surface area contributed by atoms with Crippen molar-refractivity contribution >= 4 is 12.2 Å². The summed E-state index contributed by atoms with van der Waals surface area (Å²) >= 11 is 0. The van der Waals surface area contributed by atoms with Gasteiger partial charge in [-0.25, -0.2) is 10.4 Å². The van der Waals surface area contributed by atoms with Gasteiger partial charge in [0.25, 0.3) is 0 Å². The summed E-state index contributed by atoms with van der Waals surface area (Å²) in [7, 11) is 0. The highest BCUT2D eigenvalue weighted by Crippen LogP contribution is 1.84. The number of nitrogens with zero attached hydrogens (tertiary/aromatic N) is 2. The zero-order chi connectivity index (χ0) is 8.10. The molecule has 0 fully saturated rings. The molecule has 0 aromatic heterocycles. The highest BCUT2D eigenvalue weighted by Gasteiger charge is 2.00. The van der Waals surface area contributed by atoms with Crippen molar-refractivity contribution in [1.29, 1.82) is 0 Å². The Kier molecular flexibility index (Phi) is 2.89. The van der Waals surface area contributed by atoms with E-state index in [4.69, 9.17) is 0 Å². The van der Waals surface area contributed by atoms with E-state index >= 15 is 0 Å². The number of hydrogen-bond donors (Lipinski definition) is 2. The first-order valence-electron chi connectivity index (χ1n) is 3.86. The number of rotatable bonds is 2. The molecule has 1 rings (SSSR count). The molecule has 0 unspecified atom stereocenters. The number of hydrazone groups is 1. The first-order chi connectivity index (χ1) is 5.29. The third-order valence-corrected chi connectivity index (χ3v) is 1.22. The molecular weight excluding hydrogens is 140 g/mol. The molecule has 1 aliphatic rings. The van der Waals surface area contributed by atoms with Crippen LogP contribution in [-0.2, 0) is 0 Å². The molecule has 0 bridgehead atoms. The van der Waals surface area contributed by atoms with Crippen LogP contribution in [0.1, 0.15) is 13.8 Å². The fourth-order valence-electron chi connectivity index (χ4n) is 0.720. The maximum absolute atomic E-state index is 4.11. The monoisotopic (exact) mass is 154 g/mol. The van der Waals surface area contributed by atoms with Crippen molar-refractivity contribution < 1.29 is 0 Å². The van der Waals surface area contributed by atoms with Crippen molar-refractivity contribution in [3.63, 3.8) is 0 Å². The minimum atomic E-state index is 0.476. The zero-order valence-electron chi connectivity index (χ0n) is 6.96. The molecule has 0 saturated heterocycles. The molecule has 0 aromatic carbocycles. The van der Waals surface area contributed by atoms with Gasteiger partial charge < -0.3 is 5.32 Å². The predicted molar refractivity (Wildman–Crippen MR) is 46.8 cm³/mol. The first-order valence-corrected chi connectivity index (χ1v) is 3.86. The van der Waals surface area contributed by atoms with Gasteiger partial charge in [0.2, 0.25) is 5.96 Å². The molecule has 1 aliphatic heterocycles. The minimum Gasteiger partial charge on any atom is -0.353 e. The van der Waals surface area contributed by atoms with Gasteiger partial charge in [-0.15, -0.1) is 0 Å². The van der Waals surface area contributed by atoms with Crippen LogP contribution >= 0.6 is 0 Å². The van der Waals surface area contributed by atoms with E-state index in [2.05, 4.69) is 34.7 Å². The average Bonchev–Trinajstić information content (AvgIpc) is 2.39. The molecule has 0 aromatic rings. The summed E-state index contributed by atoms with van der Waals surface area (Å²) < 4.78 is 0. The van der Waals surface area contributed by atoms with E-state index in [0.29, 0.717) is 5.92 Å². The van der Waals surface area contributed by atoms with Crippen LogP contribution in [0.2, 0.25) is 0 Å². The third-order valence-electron chi connectivity index (χ3n) is 1.22. The summed E-state index contributed by atoms with van der Waals surface area (Å²) in [6, 6.07) is 0. The van der Waals surface area contributed by atoms with Crippen LogP contribution < -0.4 is 10.7 Å². The Morgan fingerprint density at radius 2 is 2.55 bits per heavy atom. The molecule has 0 atom stereocenters. The van der Waals surface area contributed by atoms with Crippen LogP contribution in [0.15, 0.2) is 10.1 Å². The van der Waals surface area contributed by atoms with Gasteiger partial charge >= 0.3 is 0 Å². The lowest BCUT2D eigenvalue weighted by Gasteiger charge is -1.99. The lowest BCUT2D eigenvalue weighted by molar-refractivity contribution is 0.871. The Morgan fingerprint density at radius 3 is 3.09 bits per heavy atom. The quantitative estimate of drug-likeness (QED) is 0.440. The van der Waals surface area contributed by atoms with Gasteiger partial charge in [0.15, 0.2) is 0 Å². The van der Waals surface area contributed by atoms with E-state index in [1.807, 2.05) is 6.21 Å². The van der Waals surface area contributed by atoms with Gasteiger partial charge in [0.05, 0.1) is 6.54 Å². The maximum atomic E-state index is 4.11. The Balaban J connectivity index is 2.21. The molecular formula is C7H14N4. The van der Waals surface area contributed by atoms with Crippen molar-refractivity contribution in [2.75, 3.05) is 13.1 Å². The van der Waals surface area contributed by atoms with E-state index in [9.17, 15) is 0 Å². The lowest BCUT2D eigenvalue weighted by atomic mass is 10.3. The van der Waals surface area contributed by atoms with Gasteiger partial charge in [-0.1, -0.05) is 13.8 Å². The number of hydrogen-bond acceptors (Lipinski definition) is 4. The summed E-state index contributed by atoms with van der Waals surface area (Å²) in [5, 5.41) is 7.04. The molecule has 4 heteroatoms. The van der Waals surface area contributed by atoms with Crippen LogP contribution in [-0.4, -0.2) is 25.3 Å². The van der Waals surface area contributed by atoms with Crippen LogP contribution in [0.25, 0.3) is 0 Å². The summed E-state index contributed by atoms with van der Waals surface area (Å²) in [6.07, 6.45) is 1.85. The summed E-state index contributed by atoms with van der Waals surface area (Å²) in [5.41, 5.74) is 2.82. The molecule has 0 saturated carbocycles. The Morgan fingerprint density at radius 1 is 1.73 bits per heavy atom. The fourth-order valence-corrected chi connectivity index (χ4v) is 0.720. The number of guanidine groups is 1. The minimum absolute atomic E-state index is 0.476.